The van der Waals surface area contributed by atoms with Crippen molar-refractivity contribution in [3.05, 3.63) is 35.9 Å². The minimum Gasteiger partial charge on any atom is -0.389 e. The fourth-order valence-corrected chi connectivity index (χ4v) is 5.11. The van der Waals surface area contributed by atoms with Crippen LogP contribution < -0.4 is 5.32 Å². The first-order chi connectivity index (χ1) is 11.3. The molecule has 0 heterocycles. The van der Waals surface area contributed by atoms with E-state index in [2.05, 4.69) is 45.1 Å². The Kier molecular flexibility index (Phi) is 5.06. The summed E-state index contributed by atoms with van der Waals surface area (Å²) in [7, 11) is 0. The monoisotopic (exact) mass is 331 g/mol. The number of nitrogens with one attached hydrogen (secondary N) is 1. The number of hydrogen-bond donors (Lipinski definition) is 2. The minimum atomic E-state index is -0.463. The van der Waals surface area contributed by atoms with E-state index >= 15 is 0 Å². The molecule has 134 valence electrons. The van der Waals surface area contributed by atoms with Crippen molar-refractivity contribution in [3.8, 4) is 0 Å². The maximum atomic E-state index is 10.3. The van der Waals surface area contributed by atoms with E-state index in [-0.39, 0.29) is 17.6 Å². The first kappa shape index (κ1) is 17.9. The van der Waals surface area contributed by atoms with Crippen LogP contribution in [-0.2, 0) is 4.74 Å². The minimum absolute atomic E-state index is 0.234. The van der Waals surface area contributed by atoms with Crippen LogP contribution in [0.25, 0.3) is 0 Å². The maximum Gasteiger partial charge on any atom is 0.0898 e. The molecule has 2 fully saturated rings. The summed E-state index contributed by atoms with van der Waals surface area (Å²) in [6.07, 6.45) is 3.69. The molecule has 5 atom stereocenters. The van der Waals surface area contributed by atoms with E-state index in [1.54, 1.807) is 0 Å². The summed E-state index contributed by atoms with van der Waals surface area (Å²) in [6.45, 7) is 10.2. The summed E-state index contributed by atoms with van der Waals surface area (Å²) < 4.78 is 6.26. The highest BCUT2D eigenvalue weighted by Gasteiger charge is 2.60. The van der Waals surface area contributed by atoms with Gasteiger partial charge in [0.2, 0.25) is 0 Å². The van der Waals surface area contributed by atoms with Gasteiger partial charge in [0.1, 0.15) is 0 Å². The maximum absolute atomic E-state index is 10.3. The third kappa shape index (κ3) is 3.40. The van der Waals surface area contributed by atoms with E-state index in [0.29, 0.717) is 18.6 Å². The van der Waals surface area contributed by atoms with Crippen molar-refractivity contribution in [1.29, 1.82) is 0 Å². The van der Waals surface area contributed by atoms with Crippen LogP contribution in [0.15, 0.2) is 30.3 Å². The van der Waals surface area contributed by atoms with Gasteiger partial charge in [0, 0.05) is 12.6 Å². The van der Waals surface area contributed by atoms with Crippen LogP contribution in [0, 0.1) is 16.7 Å². The van der Waals surface area contributed by atoms with Gasteiger partial charge in [-0.3, -0.25) is 0 Å². The lowest BCUT2D eigenvalue weighted by Crippen LogP contribution is -2.44. The normalized spacial score (nSPS) is 33.5. The Hall–Kier alpha value is -0.900. The average molecular weight is 332 g/mol. The van der Waals surface area contributed by atoms with Crippen LogP contribution in [0.1, 0.15) is 58.6 Å². The zero-order valence-corrected chi connectivity index (χ0v) is 15.6. The second-order valence-corrected chi connectivity index (χ2v) is 8.82. The average Bonchev–Trinajstić information content (AvgIpc) is 3.04. The Labute approximate surface area is 146 Å². The van der Waals surface area contributed by atoms with Crippen molar-refractivity contribution in [2.45, 2.75) is 65.2 Å². The van der Waals surface area contributed by atoms with Crippen LogP contribution >= 0.6 is 0 Å². The molecule has 5 unspecified atom stereocenters. The highest BCUT2D eigenvalue weighted by Crippen LogP contribution is 2.63. The highest BCUT2D eigenvalue weighted by atomic mass is 16.5. The van der Waals surface area contributed by atoms with E-state index in [9.17, 15) is 5.11 Å². The quantitative estimate of drug-likeness (QED) is 0.795. The lowest BCUT2D eigenvalue weighted by Gasteiger charge is -2.42. The number of benzene rings is 1. The molecule has 0 aromatic heterocycles. The zero-order valence-electron chi connectivity index (χ0n) is 15.6. The number of fused-ring (bicyclic) bond motifs is 2. The third-order valence-corrected chi connectivity index (χ3v) is 6.55. The number of ether oxygens (including phenoxy) is 1. The highest BCUT2D eigenvalue weighted by molar-refractivity contribution is 5.18. The molecule has 0 amide bonds. The van der Waals surface area contributed by atoms with Gasteiger partial charge in [-0.2, -0.15) is 0 Å². The molecule has 2 bridgehead atoms. The van der Waals surface area contributed by atoms with E-state index in [1.807, 2.05) is 18.2 Å². The molecule has 1 aromatic carbocycles. The summed E-state index contributed by atoms with van der Waals surface area (Å²) in [4.78, 5) is 0. The van der Waals surface area contributed by atoms with Crippen molar-refractivity contribution >= 4 is 0 Å². The molecule has 0 spiro atoms. The molecular formula is C21H33NO2. The van der Waals surface area contributed by atoms with Crippen molar-refractivity contribution in [1.82, 2.24) is 5.32 Å². The number of aliphatic hydroxyl groups is 1. The Morgan fingerprint density at radius 3 is 2.58 bits per heavy atom. The molecule has 0 aliphatic heterocycles. The van der Waals surface area contributed by atoms with Crippen molar-refractivity contribution in [2.24, 2.45) is 16.7 Å². The smallest absolute Gasteiger partial charge is 0.0898 e. The molecule has 3 heteroatoms. The first-order valence-corrected chi connectivity index (χ1v) is 9.41. The molecule has 0 radical (unpaired) electrons. The van der Waals surface area contributed by atoms with Crippen molar-refractivity contribution in [3.63, 3.8) is 0 Å². The zero-order chi connectivity index (χ0) is 17.4. The third-order valence-electron chi connectivity index (χ3n) is 6.55. The van der Waals surface area contributed by atoms with Gasteiger partial charge in [0.05, 0.1) is 18.8 Å². The Morgan fingerprint density at radius 1 is 1.25 bits per heavy atom. The molecule has 2 aliphatic rings. The van der Waals surface area contributed by atoms with E-state index in [4.69, 9.17) is 4.74 Å². The molecule has 24 heavy (non-hydrogen) atoms. The summed E-state index contributed by atoms with van der Waals surface area (Å²) in [5.41, 5.74) is 1.78. The first-order valence-electron chi connectivity index (χ1n) is 9.41. The number of aliphatic hydroxyl groups excluding tert-OH is 1. The fourth-order valence-electron chi connectivity index (χ4n) is 5.11. The molecule has 0 saturated heterocycles. The van der Waals surface area contributed by atoms with Gasteiger partial charge in [0.25, 0.3) is 0 Å². The second-order valence-electron chi connectivity index (χ2n) is 8.82. The molecule has 2 N–H and O–H groups in total. The molecule has 2 aliphatic carbocycles. The van der Waals surface area contributed by atoms with Crippen LogP contribution in [0.5, 0.6) is 0 Å². The molecule has 2 saturated carbocycles. The van der Waals surface area contributed by atoms with Gasteiger partial charge in [-0.1, -0.05) is 51.1 Å². The lowest BCUT2D eigenvalue weighted by molar-refractivity contribution is -0.110. The van der Waals surface area contributed by atoms with Gasteiger partial charge in [-0.25, -0.2) is 0 Å². The topological polar surface area (TPSA) is 41.5 Å². The van der Waals surface area contributed by atoms with Gasteiger partial charge >= 0.3 is 0 Å². The molecular weight excluding hydrogens is 298 g/mol. The summed E-state index contributed by atoms with van der Waals surface area (Å²) in [6, 6.07) is 10.6. The van der Waals surface area contributed by atoms with Gasteiger partial charge < -0.3 is 15.2 Å². The fraction of sp³-hybridized carbons (Fsp3) is 0.714. The Bertz CT molecular complexity index is 539. The number of rotatable bonds is 7. The van der Waals surface area contributed by atoms with Gasteiger partial charge in [-0.05, 0) is 48.5 Å². The van der Waals surface area contributed by atoms with Crippen LogP contribution in [0.4, 0.5) is 0 Å². The Balaban J connectivity index is 1.47. The van der Waals surface area contributed by atoms with E-state index in [0.717, 1.165) is 5.92 Å². The van der Waals surface area contributed by atoms with E-state index < -0.39 is 6.10 Å². The SMILES string of the molecule is CC(NCC(O)COC1C2(C)CCC(C2)C1(C)C)c1ccccc1. The predicted octanol–water partition coefficient (Wildman–Crippen LogP) is 3.93. The van der Waals surface area contributed by atoms with Crippen molar-refractivity contribution < 1.29 is 9.84 Å². The Morgan fingerprint density at radius 2 is 1.96 bits per heavy atom. The number of hydrogen-bond acceptors (Lipinski definition) is 3. The lowest BCUT2D eigenvalue weighted by atomic mass is 9.70. The van der Waals surface area contributed by atoms with Crippen LogP contribution in [-0.4, -0.2) is 30.5 Å². The predicted molar refractivity (Wildman–Crippen MR) is 97.8 cm³/mol. The molecule has 3 rings (SSSR count). The standard InChI is InChI=1S/C21H33NO2/c1-15(16-8-6-5-7-9-16)22-13-18(23)14-24-19-20(2,3)17-10-11-21(19,4)12-17/h5-9,15,17-19,22-23H,10-14H2,1-4H3. The summed E-state index contributed by atoms with van der Waals surface area (Å²) in [5.74, 6) is 0.779. The van der Waals surface area contributed by atoms with Crippen molar-refractivity contribution in [2.75, 3.05) is 13.2 Å². The summed E-state index contributed by atoms with van der Waals surface area (Å²) >= 11 is 0. The molecule has 1 aromatic rings. The van der Waals surface area contributed by atoms with Gasteiger partial charge in [-0.15, -0.1) is 0 Å². The van der Waals surface area contributed by atoms with Gasteiger partial charge in [0.15, 0.2) is 0 Å². The van der Waals surface area contributed by atoms with Crippen LogP contribution in [0.3, 0.4) is 0 Å². The van der Waals surface area contributed by atoms with E-state index in [1.165, 1.54) is 24.8 Å². The second kappa shape index (κ2) is 6.78. The largest absolute Gasteiger partial charge is 0.389 e. The van der Waals surface area contributed by atoms with Crippen LogP contribution in [0.2, 0.25) is 0 Å². The molecule has 3 nitrogen and oxygen atoms in total. The summed E-state index contributed by atoms with van der Waals surface area (Å²) in [5, 5.41) is 13.8.